The van der Waals surface area contributed by atoms with E-state index in [9.17, 15) is 0 Å². The van der Waals surface area contributed by atoms with Gasteiger partial charge in [0.15, 0.2) is 6.23 Å². The highest BCUT2D eigenvalue weighted by Crippen LogP contribution is 2.06. The van der Waals surface area contributed by atoms with E-state index in [0.29, 0.717) is 18.0 Å². The van der Waals surface area contributed by atoms with Gasteiger partial charge in [0.05, 0.1) is 18.3 Å². The van der Waals surface area contributed by atoms with Gasteiger partial charge in [-0.2, -0.15) is 0 Å². The molecule has 1 aliphatic heterocycles. The average Bonchev–Trinajstić information content (AvgIpc) is 2.56. The molecule has 5 nitrogen and oxygen atoms in total. The zero-order valence-corrected chi connectivity index (χ0v) is 7.90. The summed E-state index contributed by atoms with van der Waals surface area (Å²) in [6.45, 7) is 1.90. The lowest BCUT2D eigenvalue weighted by molar-refractivity contribution is 0.205. The van der Waals surface area contributed by atoms with Gasteiger partial charge < -0.3 is 10.5 Å². The molecule has 1 aromatic heterocycles. The Morgan fingerprint density at radius 2 is 2.43 bits per heavy atom. The molecule has 2 heterocycles. The van der Waals surface area contributed by atoms with Crippen molar-refractivity contribution in [3.8, 4) is 0 Å². The van der Waals surface area contributed by atoms with Crippen LogP contribution < -0.4 is 11.2 Å². The summed E-state index contributed by atoms with van der Waals surface area (Å²) in [6, 6.07) is 3.68. The smallest absolute Gasteiger partial charge is 0.213 e. The number of ether oxygens (including phenoxy) is 1. The molecular formula is C9H12N4O. The van der Waals surface area contributed by atoms with E-state index in [1.807, 2.05) is 19.1 Å². The molecule has 2 rings (SSSR count). The van der Waals surface area contributed by atoms with Crippen LogP contribution in [-0.4, -0.2) is 17.1 Å². The fourth-order valence-electron chi connectivity index (χ4n) is 1.20. The minimum atomic E-state index is -0.0428. The predicted molar refractivity (Wildman–Crippen MR) is 53.5 cm³/mol. The molecule has 1 aliphatic rings. The van der Waals surface area contributed by atoms with Crippen LogP contribution in [0.4, 0.5) is 5.69 Å². The summed E-state index contributed by atoms with van der Waals surface area (Å²) >= 11 is 0. The average molecular weight is 192 g/mol. The second-order valence-corrected chi connectivity index (χ2v) is 3.15. The van der Waals surface area contributed by atoms with E-state index in [1.165, 1.54) is 0 Å². The third-order valence-corrected chi connectivity index (χ3v) is 1.86. The number of nitrogens with two attached hydrogens (primary N) is 1. The Morgan fingerprint density at radius 3 is 3.00 bits per heavy atom. The molecule has 0 amide bonds. The molecule has 0 fully saturated rings. The van der Waals surface area contributed by atoms with E-state index in [4.69, 9.17) is 10.5 Å². The lowest BCUT2D eigenvalue weighted by Crippen LogP contribution is -2.17. The molecule has 0 spiro atoms. The summed E-state index contributed by atoms with van der Waals surface area (Å²) < 4.78 is 5.36. The highest BCUT2D eigenvalue weighted by atomic mass is 16.5. The minimum absolute atomic E-state index is 0.0428. The number of hydrogen-bond donors (Lipinski definition) is 2. The Labute approximate surface area is 82.0 Å². The van der Waals surface area contributed by atoms with E-state index >= 15 is 0 Å². The van der Waals surface area contributed by atoms with Crippen LogP contribution in [0.5, 0.6) is 0 Å². The van der Waals surface area contributed by atoms with Crippen LogP contribution in [0, 0.1) is 0 Å². The van der Waals surface area contributed by atoms with E-state index in [-0.39, 0.29) is 6.23 Å². The van der Waals surface area contributed by atoms with Crippen molar-refractivity contribution < 1.29 is 4.74 Å². The van der Waals surface area contributed by atoms with Gasteiger partial charge >= 0.3 is 0 Å². The van der Waals surface area contributed by atoms with Crippen LogP contribution >= 0.6 is 0 Å². The molecule has 0 radical (unpaired) electrons. The van der Waals surface area contributed by atoms with Gasteiger partial charge in [-0.3, -0.25) is 10.4 Å². The largest absolute Gasteiger partial charge is 0.454 e. The van der Waals surface area contributed by atoms with E-state index in [0.717, 1.165) is 5.69 Å². The van der Waals surface area contributed by atoms with Gasteiger partial charge in [-0.1, -0.05) is 0 Å². The molecule has 3 N–H and O–H groups in total. The maximum atomic E-state index is 5.52. The molecule has 1 unspecified atom stereocenters. The van der Waals surface area contributed by atoms with Crippen LogP contribution in [0.3, 0.4) is 0 Å². The van der Waals surface area contributed by atoms with Gasteiger partial charge in [0.2, 0.25) is 5.90 Å². The normalized spacial score (nSPS) is 19.8. The fraction of sp³-hybridized carbons (Fsp3) is 0.333. The third-order valence-electron chi connectivity index (χ3n) is 1.86. The Morgan fingerprint density at radius 1 is 1.57 bits per heavy atom. The minimum Gasteiger partial charge on any atom is -0.454 e. The number of rotatable bonds is 2. The maximum Gasteiger partial charge on any atom is 0.213 e. The van der Waals surface area contributed by atoms with Crippen LogP contribution in [0.15, 0.2) is 23.4 Å². The predicted octanol–water partition coefficient (Wildman–Crippen LogP) is 0.486. The molecule has 1 aromatic rings. The van der Waals surface area contributed by atoms with Crippen molar-refractivity contribution >= 4 is 11.6 Å². The number of nitrogens with zero attached hydrogens (tertiary/aromatic N) is 2. The van der Waals surface area contributed by atoms with Crippen molar-refractivity contribution in [3.63, 3.8) is 0 Å². The molecule has 1 atom stereocenters. The van der Waals surface area contributed by atoms with E-state index in [2.05, 4.69) is 15.5 Å². The van der Waals surface area contributed by atoms with Gasteiger partial charge in [0.1, 0.15) is 0 Å². The number of nitrogens with one attached hydrogen (secondary N) is 1. The monoisotopic (exact) mass is 192 g/mol. The molecule has 0 bridgehead atoms. The van der Waals surface area contributed by atoms with Gasteiger partial charge in [0.25, 0.3) is 0 Å². The van der Waals surface area contributed by atoms with Crippen molar-refractivity contribution in [3.05, 3.63) is 24.0 Å². The molecule has 0 aliphatic carbocycles. The molecule has 0 aromatic carbocycles. The summed E-state index contributed by atoms with van der Waals surface area (Å²) in [5.41, 5.74) is 9.89. The topological polar surface area (TPSA) is 72.5 Å². The lowest BCUT2D eigenvalue weighted by atomic mass is 10.2. The zero-order valence-electron chi connectivity index (χ0n) is 7.90. The molecule has 0 saturated heterocycles. The summed E-state index contributed by atoms with van der Waals surface area (Å²) in [4.78, 5) is 4.15. The number of anilines is 1. The molecule has 5 heteroatoms. The number of pyridine rings is 1. The van der Waals surface area contributed by atoms with Crippen molar-refractivity contribution in [2.45, 2.75) is 19.6 Å². The van der Waals surface area contributed by atoms with Crippen LogP contribution in [-0.2, 0) is 11.2 Å². The Balaban J connectivity index is 2.01. The first-order valence-corrected chi connectivity index (χ1v) is 4.43. The van der Waals surface area contributed by atoms with Gasteiger partial charge in [-0.15, -0.1) is 5.10 Å². The summed E-state index contributed by atoms with van der Waals surface area (Å²) in [7, 11) is 0. The molecule has 74 valence electrons. The first-order chi connectivity index (χ1) is 6.74. The van der Waals surface area contributed by atoms with E-state index in [1.54, 1.807) is 6.20 Å². The van der Waals surface area contributed by atoms with Crippen LogP contribution in [0.1, 0.15) is 12.6 Å². The Hall–Kier alpha value is -1.78. The number of nitrogen functional groups attached to an aromatic ring is 1. The summed E-state index contributed by atoms with van der Waals surface area (Å²) in [5.74, 6) is 0.662. The maximum absolute atomic E-state index is 5.52. The number of hydrazone groups is 1. The quantitative estimate of drug-likeness (QED) is 0.715. The van der Waals surface area contributed by atoms with Crippen molar-refractivity contribution in [1.29, 1.82) is 0 Å². The van der Waals surface area contributed by atoms with Crippen molar-refractivity contribution in [2.24, 2.45) is 5.10 Å². The van der Waals surface area contributed by atoms with Crippen molar-refractivity contribution in [2.75, 3.05) is 5.73 Å². The van der Waals surface area contributed by atoms with Gasteiger partial charge in [-0.25, -0.2) is 0 Å². The molecular weight excluding hydrogens is 180 g/mol. The first kappa shape index (κ1) is 8.80. The second-order valence-electron chi connectivity index (χ2n) is 3.15. The SMILES string of the molecule is CC1NN=C(Cc2ccc(N)cn2)O1. The van der Waals surface area contributed by atoms with Gasteiger partial charge in [0, 0.05) is 5.69 Å². The lowest BCUT2D eigenvalue weighted by Gasteiger charge is -2.04. The number of aromatic nitrogens is 1. The molecule has 0 saturated carbocycles. The van der Waals surface area contributed by atoms with Gasteiger partial charge in [-0.05, 0) is 19.1 Å². The highest BCUT2D eigenvalue weighted by Gasteiger charge is 2.14. The standard InChI is InChI=1S/C9H12N4O/c1-6-12-13-9(14-6)4-8-3-2-7(10)5-11-8/h2-3,5-6,12H,4,10H2,1H3. The number of hydrogen-bond acceptors (Lipinski definition) is 5. The first-order valence-electron chi connectivity index (χ1n) is 4.43. The van der Waals surface area contributed by atoms with Crippen LogP contribution in [0.2, 0.25) is 0 Å². The molecule has 14 heavy (non-hydrogen) atoms. The van der Waals surface area contributed by atoms with Crippen LogP contribution in [0.25, 0.3) is 0 Å². The summed E-state index contributed by atoms with van der Waals surface area (Å²) in [5, 5.41) is 4.01. The Bertz CT molecular complexity index is 346. The fourth-order valence-corrected chi connectivity index (χ4v) is 1.20. The zero-order chi connectivity index (χ0) is 9.97. The highest BCUT2D eigenvalue weighted by molar-refractivity contribution is 5.79. The summed E-state index contributed by atoms with van der Waals surface area (Å²) in [6.07, 6.45) is 2.18. The second kappa shape index (κ2) is 3.53. The van der Waals surface area contributed by atoms with E-state index < -0.39 is 0 Å². The third kappa shape index (κ3) is 1.93. The Kier molecular flexibility index (Phi) is 2.22. The van der Waals surface area contributed by atoms with Crippen molar-refractivity contribution in [1.82, 2.24) is 10.4 Å².